The van der Waals surface area contributed by atoms with Gasteiger partial charge in [-0.25, -0.2) is 13.2 Å². The van der Waals surface area contributed by atoms with Crippen LogP contribution in [0.1, 0.15) is 40.5 Å². The van der Waals surface area contributed by atoms with Gasteiger partial charge in [0.25, 0.3) is 0 Å². The lowest BCUT2D eigenvalue weighted by molar-refractivity contribution is 0.155. The normalized spacial score (nSPS) is 19.1. The van der Waals surface area contributed by atoms with Gasteiger partial charge in [-0.2, -0.15) is 0 Å². The van der Waals surface area contributed by atoms with Gasteiger partial charge in [0.1, 0.15) is 9.84 Å². The van der Waals surface area contributed by atoms with Crippen molar-refractivity contribution in [3.05, 3.63) is 0 Å². The Labute approximate surface area is 116 Å². The van der Waals surface area contributed by atoms with Crippen molar-refractivity contribution in [2.75, 3.05) is 12.0 Å². The van der Waals surface area contributed by atoms with Gasteiger partial charge in [0.2, 0.25) is 0 Å². The Bertz CT molecular complexity index is 416. The Balaban J connectivity index is 2.63. The fraction of sp³-hybridized carbons (Fsp3) is 0.923. The van der Waals surface area contributed by atoms with E-state index in [0.29, 0.717) is 12.0 Å². The van der Waals surface area contributed by atoms with Crippen molar-refractivity contribution >= 4 is 15.9 Å². The zero-order chi connectivity index (χ0) is 14.8. The van der Waals surface area contributed by atoms with Crippen LogP contribution in [-0.4, -0.2) is 49.5 Å². The molecule has 1 aliphatic rings. The molecule has 0 radical (unpaired) electrons. The molecule has 1 saturated carbocycles. The van der Waals surface area contributed by atoms with Gasteiger partial charge in [-0.3, -0.25) is 0 Å². The van der Waals surface area contributed by atoms with Crippen LogP contribution in [0.25, 0.3) is 0 Å². The number of amides is 2. The van der Waals surface area contributed by atoms with Crippen LogP contribution in [-0.2, 0) is 9.84 Å². The lowest BCUT2D eigenvalue weighted by Crippen LogP contribution is -2.51. The first-order chi connectivity index (χ1) is 8.61. The predicted molar refractivity (Wildman–Crippen MR) is 76.9 cm³/mol. The van der Waals surface area contributed by atoms with Crippen LogP contribution in [0.15, 0.2) is 0 Å². The highest BCUT2D eigenvalue weighted by atomic mass is 32.2. The van der Waals surface area contributed by atoms with Crippen molar-refractivity contribution in [2.24, 2.45) is 5.92 Å². The summed E-state index contributed by atoms with van der Waals surface area (Å²) < 4.78 is 22.4. The standard InChI is InChI=1S/C13H26N2O3S/c1-9(2)11(4)15(12-6-7-12)13(16)14-10(3)8-19(5,17)18/h9-12H,6-8H2,1-5H3,(H,14,16). The second kappa shape index (κ2) is 6.11. The minimum atomic E-state index is -3.07. The number of urea groups is 1. The third-order valence-corrected chi connectivity index (χ3v) is 4.61. The molecule has 0 spiro atoms. The average molecular weight is 290 g/mol. The molecule has 0 bridgehead atoms. The Morgan fingerprint density at radius 3 is 2.16 bits per heavy atom. The maximum Gasteiger partial charge on any atom is 0.318 e. The first-order valence-corrected chi connectivity index (χ1v) is 8.94. The van der Waals surface area contributed by atoms with Gasteiger partial charge in [-0.05, 0) is 32.6 Å². The second-order valence-electron chi connectivity index (χ2n) is 6.07. The number of nitrogens with one attached hydrogen (secondary N) is 1. The fourth-order valence-electron chi connectivity index (χ4n) is 2.14. The maximum atomic E-state index is 12.3. The lowest BCUT2D eigenvalue weighted by atomic mass is 10.0. The number of carbonyl (C=O) groups excluding carboxylic acids is 1. The molecule has 0 heterocycles. The van der Waals surface area contributed by atoms with Gasteiger partial charge in [-0.1, -0.05) is 13.8 Å². The summed E-state index contributed by atoms with van der Waals surface area (Å²) >= 11 is 0. The van der Waals surface area contributed by atoms with E-state index in [1.54, 1.807) is 6.92 Å². The average Bonchev–Trinajstić information content (AvgIpc) is 2.98. The molecular formula is C13H26N2O3S. The molecule has 0 saturated heterocycles. The van der Waals surface area contributed by atoms with Crippen molar-refractivity contribution in [1.82, 2.24) is 10.2 Å². The predicted octanol–water partition coefficient (Wildman–Crippen LogP) is 1.64. The van der Waals surface area contributed by atoms with Crippen LogP contribution in [0.5, 0.6) is 0 Å². The number of nitrogens with zero attached hydrogens (tertiary/aromatic N) is 1. The molecule has 19 heavy (non-hydrogen) atoms. The zero-order valence-electron chi connectivity index (χ0n) is 12.5. The summed E-state index contributed by atoms with van der Waals surface area (Å²) in [6.45, 7) is 7.95. The molecule has 0 aliphatic heterocycles. The fourth-order valence-corrected chi connectivity index (χ4v) is 3.13. The molecule has 1 N–H and O–H groups in total. The molecule has 1 fully saturated rings. The number of rotatable bonds is 6. The summed E-state index contributed by atoms with van der Waals surface area (Å²) in [6.07, 6.45) is 3.28. The first kappa shape index (κ1) is 16.3. The van der Waals surface area contributed by atoms with Crippen molar-refractivity contribution in [2.45, 2.75) is 58.7 Å². The van der Waals surface area contributed by atoms with E-state index >= 15 is 0 Å². The van der Waals surface area contributed by atoms with E-state index in [-0.39, 0.29) is 23.9 Å². The highest BCUT2D eigenvalue weighted by Crippen LogP contribution is 2.30. The zero-order valence-corrected chi connectivity index (χ0v) is 13.3. The molecule has 2 atom stereocenters. The van der Waals surface area contributed by atoms with E-state index in [0.717, 1.165) is 12.8 Å². The Hall–Kier alpha value is -0.780. The third-order valence-electron chi connectivity index (χ3n) is 3.50. The van der Waals surface area contributed by atoms with Crippen LogP contribution in [0.4, 0.5) is 4.79 Å². The molecule has 5 nitrogen and oxygen atoms in total. The van der Waals surface area contributed by atoms with Gasteiger partial charge >= 0.3 is 6.03 Å². The molecule has 112 valence electrons. The van der Waals surface area contributed by atoms with Crippen molar-refractivity contribution < 1.29 is 13.2 Å². The Morgan fingerprint density at radius 1 is 1.26 bits per heavy atom. The lowest BCUT2D eigenvalue weighted by Gasteiger charge is -2.33. The largest absolute Gasteiger partial charge is 0.334 e. The number of carbonyl (C=O) groups is 1. The van der Waals surface area contributed by atoms with E-state index in [4.69, 9.17) is 0 Å². The second-order valence-corrected chi connectivity index (χ2v) is 8.25. The summed E-state index contributed by atoms with van der Waals surface area (Å²) in [5, 5.41) is 2.80. The number of hydrogen-bond donors (Lipinski definition) is 1. The van der Waals surface area contributed by atoms with Gasteiger partial charge in [0.15, 0.2) is 0 Å². The van der Waals surface area contributed by atoms with E-state index in [1.165, 1.54) is 6.26 Å². The van der Waals surface area contributed by atoms with Crippen LogP contribution in [0.3, 0.4) is 0 Å². The molecule has 6 heteroatoms. The molecule has 1 rings (SSSR count). The Kier molecular flexibility index (Phi) is 5.24. The third kappa shape index (κ3) is 5.38. The van der Waals surface area contributed by atoms with Crippen LogP contribution >= 0.6 is 0 Å². The quantitative estimate of drug-likeness (QED) is 0.808. The van der Waals surface area contributed by atoms with E-state index in [2.05, 4.69) is 19.2 Å². The first-order valence-electron chi connectivity index (χ1n) is 6.88. The minimum Gasteiger partial charge on any atom is -0.334 e. The van der Waals surface area contributed by atoms with E-state index in [1.807, 2.05) is 11.8 Å². The topological polar surface area (TPSA) is 66.5 Å². The minimum absolute atomic E-state index is 0.0205. The maximum absolute atomic E-state index is 12.3. The van der Waals surface area contributed by atoms with Gasteiger partial charge < -0.3 is 10.2 Å². The van der Waals surface area contributed by atoms with Crippen LogP contribution in [0, 0.1) is 5.92 Å². The smallest absolute Gasteiger partial charge is 0.318 e. The molecule has 2 amide bonds. The highest BCUT2D eigenvalue weighted by molar-refractivity contribution is 7.90. The molecule has 2 unspecified atom stereocenters. The molecular weight excluding hydrogens is 264 g/mol. The summed E-state index contributed by atoms with van der Waals surface area (Å²) in [4.78, 5) is 14.2. The van der Waals surface area contributed by atoms with E-state index in [9.17, 15) is 13.2 Å². The van der Waals surface area contributed by atoms with Crippen LogP contribution in [0.2, 0.25) is 0 Å². The van der Waals surface area contributed by atoms with Gasteiger partial charge in [0.05, 0.1) is 5.75 Å². The van der Waals surface area contributed by atoms with Gasteiger partial charge in [0, 0.05) is 24.4 Å². The summed E-state index contributed by atoms with van der Waals surface area (Å²) in [5.41, 5.74) is 0. The van der Waals surface area contributed by atoms with Crippen molar-refractivity contribution in [3.63, 3.8) is 0 Å². The van der Waals surface area contributed by atoms with Crippen LogP contribution < -0.4 is 5.32 Å². The molecule has 0 aromatic carbocycles. The van der Waals surface area contributed by atoms with E-state index < -0.39 is 9.84 Å². The summed E-state index contributed by atoms with van der Waals surface area (Å²) in [6, 6.07) is -0.0104. The van der Waals surface area contributed by atoms with Crippen molar-refractivity contribution in [1.29, 1.82) is 0 Å². The number of hydrogen-bond acceptors (Lipinski definition) is 3. The highest BCUT2D eigenvalue weighted by Gasteiger charge is 2.37. The number of sulfone groups is 1. The monoisotopic (exact) mass is 290 g/mol. The summed E-state index contributed by atoms with van der Waals surface area (Å²) in [5.74, 6) is 0.365. The van der Waals surface area contributed by atoms with Crippen molar-refractivity contribution in [3.8, 4) is 0 Å². The molecule has 0 aromatic heterocycles. The molecule has 0 aromatic rings. The summed E-state index contributed by atoms with van der Waals surface area (Å²) in [7, 11) is -3.07. The molecule has 1 aliphatic carbocycles. The van der Waals surface area contributed by atoms with Gasteiger partial charge in [-0.15, -0.1) is 0 Å². The SMILES string of the molecule is CC(CS(C)(=O)=O)NC(=O)N(C1CC1)C(C)C(C)C. The Morgan fingerprint density at radius 2 is 1.79 bits per heavy atom.